The number of benzene rings is 2. The van der Waals surface area contributed by atoms with E-state index in [2.05, 4.69) is 40.8 Å². The van der Waals surface area contributed by atoms with Crippen molar-refractivity contribution in [3.8, 4) is 11.5 Å². The van der Waals surface area contributed by atoms with E-state index in [1.54, 1.807) is 0 Å². The van der Waals surface area contributed by atoms with E-state index in [9.17, 15) is 9.59 Å². The van der Waals surface area contributed by atoms with Crippen LogP contribution < -0.4 is 25.8 Å². The number of rotatable bonds is 6. The molecule has 3 atom stereocenters. The Bertz CT molecular complexity index is 1220. The zero-order valence-corrected chi connectivity index (χ0v) is 22.5. The molecule has 0 saturated heterocycles. The summed E-state index contributed by atoms with van der Waals surface area (Å²) in [6.45, 7) is 7.36. The van der Waals surface area contributed by atoms with Crippen LogP contribution in [0.5, 0.6) is 11.5 Å². The number of guanidine groups is 1. The molecule has 2 aromatic rings. The fraction of sp³-hybridized carbons (Fsp3) is 0.433. The third kappa shape index (κ3) is 6.54. The highest BCUT2D eigenvalue weighted by Gasteiger charge is 2.30. The third-order valence-corrected chi connectivity index (χ3v) is 6.88. The van der Waals surface area contributed by atoms with Gasteiger partial charge >= 0.3 is 0 Å². The minimum Gasteiger partial charge on any atom is -0.493 e. The number of aliphatic imine (C=N–C) groups is 1. The van der Waals surface area contributed by atoms with Gasteiger partial charge in [-0.1, -0.05) is 39.0 Å². The van der Waals surface area contributed by atoms with Crippen molar-refractivity contribution in [2.45, 2.75) is 65.0 Å². The molecule has 0 aliphatic carbocycles. The summed E-state index contributed by atoms with van der Waals surface area (Å²) in [5.41, 5.74) is 9.40. The summed E-state index contributed by atoms with van der Waals surface area (Å²) in [5, 5.41) is 5.77. The lowest BCUT2D eigenvalue weighted by Crippen LogP contribution is -2.43. The van der Waals surface area contributed by atoms with Gasteiger partial charge in [-0.05, 0) is 67.1 Å². The molecular weight excluding hydrogens is 480 g/mol. The molecule has 38 heavy (non-hydrogen) atoms. The summed E-state index contributed by atoms with van der Waals surface area (Å²) in [6, 6.07) is 11.5. The number of nitrogens with zero attached hydrogens (tertiary/aromatic N) is 1. The van der Waals surface area contributed by atoms with Crippen LogP contribution in [0.15, 0.2) is 47.5 Å². The number of allylic oxidation sites excluding steroid dienone is 1. The Kier molecular flexibility index (Phi) is 9.05. The lowest BCUT2D eigenvalue weighted by atomic mass is 9.90. The van der Waals surface area contributed by atoms with Crippen LogP contribution in [0.3, 0.4) is 0 Å². The fourth-order valence-corrected chi connectivity index (χ4v) is 4.97. The molecule has 2 amide bonds. The van der Waals surface area contributed by atoms with Crippen molar-refractivity contribution in [1.82, 2.24) is 10.6 Å². The van der Waals surface area contributed by atoms with Gasteiger partial charge in [0.1, 0.15) is 11.5 Å². The van der Waals surface area contributed by atoms with Gasteiger partial charge in [0.15, 0.2) is 5.96 Å². The molecule has 5 rings (SSSR count). The number of fused-ring (bicyclic) bond motifs is 2. The van der Waals surface area contributed by atoms with Gasteiger partial charge in [-0.2, -0.15) is 0 Å². The predicted molar refractivity (Wildman–Crippen MR) is 149 cm³/mol. The highest BCUT2D eigenvalue weighted by atomic mass is 16.5. The van der Waals surface area contributed by atoms with Crippen molar-refractivity contribution in [2.75, 3.05) is 13.2 Å². The Labute approximate surface area is 224 Å². The highest BCUT2D eigenvalue weighted by molar-refractivity contribution is 5.98. The molecule has 0 fully saturated rings. The van der Waals surface area contributed by atoms with E-state index in [1.165, 1.54) is 0 Å². The van der Waals surface area contributed by atoms with E-state index in [-0.39, 0.29) is 35.8 Å². The Morgan fingerprint density at radius 3 is 2.82 bits per heavy atom. The quantitative estimate of drug-likeness (QED) is 0.520. The first-order valence-electron chi connectivity index (χ1n) is 13.6. The fourth-order valence-electron chi connectivity index (χ4n) is 4.97. The van der Waals surface area contributed by atoms with Gasteiger partial charge in [0, 0.05) is 23.5 Å². The Morgan fingerprint density at radius 2 is 2.00 bits per heavy atom. The number of carbonyl (C=O) groups excluding carboxylic acids is 2. The number of ether oxygens (including phenoxy) is 2. The zero-order valence-electron chi connectivity index (χ0n) is 22.5. The summed E-state index contributed by atoms with van der Waals surface area (Å²) in [5.74, 6) is 1.82. The van der Waals surface area contributed by atoms with E-state index >= 15 is 0 Å². The van der Waals surface area contributed by atoms with Crippen LogP contribution in [0.4, 0.5) is 0 Å². The molecule has 0 bridgehead atoms. The van der Waals surface area contributed by atoms with E-state index < -0.39 is 0 Å². The molecule has 3 aliphatic rings. The SMILES string of the molecule is CC.CC1COc2ccc(/C=C/CCC3CC(=O)NC(N)=N3)cc2C1NC(=O)c1ccc2c(c1)CCCO2. The molecule has 8 nitrogen and oxygen atoms in total. The normalized spacial score (nSPS) is 21.9. The van der Waals surface area contributed by atoms with Crippen LogP contribution in [-0.2, 0) is 11.2 Å². The van der Waals surface area contributed by atoms with Crippen LogP contribution in [0.2, 0.25) is 0 Å². The average molecular weight is 519 g/mol. The topological polar surface area (TPSA) is 115 Å². The standard InChI is InChI=1S/C28H32N4O4.C2H6/c1-17-16-36-24-10-8-18(5-2-3-7-21-15-25(33)31-28(29)30-21)13-22(24)26(17)32-27(34)20-9-11-23-19(14-20)6-4-12-35-23;1-2/h2,5,8-11,13-14,17,21,26H,3-4,6-7,12,15-16H2,1H3,(H,32,34)(H3,29,30,31,33);1-2H3/b5-2+;. The molecule has 8 heteroatoms. The van der Waals surface area contributed by atoms with Crippen LogP contribution in [0.1, 0.15) is 79.5 Å². The molecule has 3 unspecified atom stereocenters. The molecule has 0 aromatic heterocycles. The van der Waals surface area contributed by atoms with Gasteiger partial charge in [-0.3, -0.25) is 14.9 Å². The van der Waals surface area contributed by atoms with Gasteiger partial charge < -0.3 is 20.5 Å². The van der Waals surface area contributed by atoms with Crippen molar-refractivity contribution < 1.29 is 19.1 Å². The lowest BCUT2D eigenvalue weighted by Gasteiger charge is -2.32. The second-order valence-electron chi connectivity index (χ2n) is 9.71. The lowest BCUT2D eigenvalue weighted by molar-refractivity contribution is -0.120. The van der Waals surface area contributed by atoms with Crippen molar-refractivity contribution in [3.63, 3.8) is 0 Å². The van der Waals surface area contributed by atoms with Crippen molar-refractivity contribution in [2.24, 2.45) is 16.6 Å². The monoisotopic (exact) mass is 518 g/mol. The molecule has 0 saturated carbocycles. The number of hydrogen-bond acceptors (Lipinski definition) is 6. The summed E-state index contributed by atoms with van der Waals surface area (Å²) < 4.78 is 11.6. The second-order valence-corrected chi connectivity index (χ2v) is 9.71. The van der Waals surface area contributed by atoms with Gasteiger partial charge in [-0.15, -0.1) is 0 Å². The molecule has 0 radical (unpaired) electrons. The maximum Gasteiger partial charge on any atom is 0.251 e. The van der Waals surface area contributed by atoms with Crippen LogP contribution >= 0.6 is 0 Å². The van der Waals surface area contributed by atoms with Crippen molar-refractivity contribution >= 4 is 23.8 Å². The van der Waals surface area contributed by atoms with E-state index in [0.29, 0.717) is 18.6 Å². The molecule has 0 spiro atoms. The maximum atomic E-state index is 13.2. The van der Waals surface area contributed by atoms with Crippen LogP contribution in [0, 0.1) is 5.92 Å². The Morgan fingerprint density at radius 1 is 1.18 bits per heavy atom. The first-order valence-corrected chi connectivity index (χ1v) is 13.6. The first kappa shape index (κ1) is 27.2. The summed E-state index contributed by atoms with van der Waals surface area (Å²) in [6.07, 6.45) is 7.92. The maximum absolute atomic E-state index is 13.2. The Hall–Kier alpha value is -3.81. The minimum absolute atomic E-state index is 0.0860. The van der Waals surface area contributed by atoms with Crippen LogP contribution in [0.25, 0.3) is 6.08 Å². The largest absolute Gasteiger partial charge is 0.493 e. The molecular formula is C30H38N4O4. The minimum atomic E-state index is -0.153. The summed E-state index contributed by atoms with van der Waals surface area (Å²) in [4.78, 5) is 29.1. The molecule has 3 aliphatic heterocycles. The number of carbonyl (C=O) groups is 2. The van der Waals surface area contributed by atoms with Crippen molar-refractivity contribution in [1.29, 1.82) is 0 Å². The first-order chi connectivity index (χ1) is 18.5. The van der Waals surface area contributed by atoms with E-state index in [0.717, 1.165) is 60.5 Å². The van der Waals surface area contributed by atoms with Crippen molar-refractivity contribution in [3.05, 3.63) is 64.7 Å². The molecule has 3 heterocycles. The Balaban J connectivity index is 0.00000164. The molecule has 4 N–H and O–H groups in total. The average Bonchev–Trinajstić information content (AvgIpc) is 2.93. The van der Waals surface area contributed by atoms with E-state index in [4.69, 9.17) is 15.2 Å². The predicted octanol–water partition coefficient (Wildman–Crippen LogP) is 4.53. The smallest absolute Gasteiger partial charge is 0.251 e. The van der Waals surface area contributed by atoms with E-state index in [1.807, 2.05) is 44.2 Å². The number of aryl methyl sites for hydroxylation is 1. The molecule has 202 valence electrons. The summed E-state index contributed by atoms with van der Waals surface area (Å²) in [7, 11) is 0. The van der Waals surface area contributed by atoms with Crippen LogP contribution in [-0.4, -0.2) is 37.0 Å². The highest BCUT2D eigenvalue weighted by Crippen LogP contribution is 2.36. The zero-order chi connectivity index (χ0) is 27.1. The van der Waals surface area contributed by atoms with Gasteiger partial charge in [-0.25, -0.2) is 4.99 Å². The molecule has 2 aromatic carbocycles. The number of nitrogens with one attached hydrogen (secondary N) is 2. The van der Waals surface area contributed by atoms with Gasteiger partial charge in [0.2, 0.25) is 5.91 Å². The van der Waals surface area contributed by atoms with Gasteiger partial charge in [0.05, 0.1) is 25.3 Å². The third-order valence-electron chi connectivity index (χ3n) is 6.88. The summed E-state index contributed by atoms with van der Waals surface area (Å²) >= 11 is 0. The number of amides is 2. The number of hydrogen-bond donors (Lipinski definition) is 3. The number of nitrogens with two attached hydrogens (primary N) is 1. The van der Waals surface area contributed by atoms with Gasteiger partial charge in [0.25, 0.3) is 5.91 Å². The second kappa shape index (κ2) is 12.6.